The Morgan fingerprint density at radius 1 is 1.25 bits per heavy atom. The number of ether oxygens (including phenoxy) is 3. The highest BCUT2D eigenvalue weighted by atomic mass is 16.5. The van der Waals surface area contributed by atoms with E-state index < -0.39 is 0 Å². The molecular weight excluding hydrogens is 356 g/mol. The number of pyridine rings is 1. The molecule has 2 aliphatic rings. The van der Waals surface area contributed by atoms with E-state index in [0.29, 0.717) is 25.6 Å². The van der Waals surface area contributed by atoms with Crippen molar-refractivity contribution in [1.82, 2.24) is 15.2 Å². The Balaban J connectivity index is 1.36. The lowest BCUT2D eigenvalue weighted by molar-refractivity contribution is 0.205. The summed E-state index contributed by atoms with van der Waals surface area (Å²) in [7, 11) is 1.81. The number of benzene rings is 1. The first-order chi connectivity index (χ1) is 13.8. The second kappa shape index (κ2) is 8.82. The van der Waals surface area contributed by atoms with E-state index in [9.17, 15) is 0 Å². The van der Waals surface area contributed by atoms with Gasteiger partial charge >= 0.3 is 0 Å². The van der Waals surface area contributed by atoms with Gasteiger partial charge in [-0.05, 0) is 12.1 Å². The predicted molar refractivity (Wildman–Crippen MR) is 107 cm³/mol. The molecule has 1 aromatic carbocycles. The Morgan fingerprint density at radius 2 is 2.18 bits per heavy atom. The Hall–Kier alpha value is -2.96. The molecule has 1 unspecified atom stereocenters. The van der Waals surface area contributed by atoms with Gasteiger partial charge in [0.2, 0.25) is 5.88 Å². The molecule has 3 heterocycles. The number of rotatable bonds is 4. The molecule has 7 heteroatoms. The van der Waals surface area contributed by atoms with Gasteiger partial charge in [-0.1, -0.05) is 18.2 Å². The van der Waals surface area contributed by atoms with Crippen LogP contribution in [0.2, 0.25) is 0 Å². The van der Waals surface area contributed by atoms with Gasteiger partial charge in [0.1, 0.15) is 6.10 Å². The molecule has 1 N–H and O–H groups in total. The summed E-state index contributed by atoms with van der Waals surface area (Å²) in [6, 6.07) is 11.7. The topological polar surface area (TPSA) is 68.2 Å². The van der Waals surface area contributed by atoms with E-state index >= 15 is 0 Å². The van der Waals surface area contributed by atoms with E-state index in [1.807, 2.05) is 30.3 Å². The van der Waals surface area contributed by atoms with Crippen molar-refractivity contribution in [3.63, 3.8) is 0 Å². The maximum Gasteiger partial charge on any atom is 0.213 e. The number of hydrogen-bond donors (Lipinski definition) is 1. The fourth-order valence-corrected chi connectivity index (χ4v) is 3.50. The number of aromatic nitrogens is 1. The zero-order valence-corrected chi connectivity index (χ0v) is 16.1. The Bertz CT molecular complexity index is 813. The van der Waals surface area contributed by atoms with E-state index in [2.05, 4.69) is 26.3 Å². The molecule has 1 atom stereocenters. The van der Waals surface area contributed by atoms with E-state index in [1.165, 1.54) is 0 Å². The molecule has 0 bridgehead atoms. The largest absolute Gasteiger partial charge is 0.490 e. The normalized spacial score (nSPS) is 19.2. The lowest BCUT2D eigenvalue weighted by atomic mass is 10.2. The first kappa shape index (κ1) is 18.4. The fourth-order valence-electron chi connectivity index (χ4n) is 3.50. The number of nitrogens with one attached hydrogen (secondary N) is 1. The smallest absolute Gasteiger partial charge is 0.213 e. The average molecular weight is 382 g/mol. The van der Waals surface area contributed by atoms with Gasteiger partial charge in [0.25, 0.3) is 0 Å². The van der Waals surface area contributed by atoms with Crippen LogP contribution in [0.3, 0.4) is 0 Å². The minimum Gasteiger partial charge on any atom is -0.490 e. The second-order valence-electron chi connectivity index (χ2n) is 6.84. The number of para-hydroxylation sites is 1. The van der Waals surface area contributed by atoms with Gasteiger partial charge in [0.15, 0.2) is 17.5 Å². The molecule has 1 fully saturated rings. The summed E-state index contributed by atoms with van der Waals surface area (Å²) in [6.45, 7) is 3.67. The quantitative estimate of drug-likeness (QED) is 0.647. The third-order valence-electron chi connectivity index (χ3n) is 4.87. The summed E-state index contributed by atoms with van der Waals surface area (Å²) < 4.78 is 17.7. The van der Waals surface area contributed by atoms with Crippen molar-refractivity contribution in [3.05, 3.63) is 48.2 Å². The molecule has 0 radical (unpaired) electrons. The highest BCUT2D eigenvalue weighted by Gasteiger charge is 2.27. The highest BCUT2D eigenvalue weighted by molar-refractivity contribution is 5.80. The van der Waals surface area contributed by atoms with Crippen LogP contribution in [-0.2, 0) is 6.54 Å². The van der Waals surface area contributed by atoms with Gasteiger partial charge < -0.3 is 24.4 Å². The van der Waals surface area contributed by atoms with Crippen molar-refractivity contribution in [2.24, 2.45) is 4.99 Å². The average Bonchev–Trinajstić information content (AvgIpc) is 3.04. The zero-order valence-electron chi connectivity index (χ0n) is 16.1. The van der Waals surface area contributed by atoms with Crippen molar-refractivity contribution in [2.45, 2.75) is 25.5 Å². The van der Waals surface area contributed by atoms with Gasteiger partial charge in [0, 0.05) is 50.8 Å². The van der Waals surface area contributed by atoms with E-state index in [0.717, 1.165) is 49.0 Å². The molecule has 2 aliphatic heterocycles. The molecule has 0 amide bonds. The first-order valence-electron chi connectivity index (χ1n) is 9.74. The van der Waals surface area contributed by atoms with Crippen molar-refractivity contribution in [1.29, 1.82) is 0 Å². The summed E-state index contributed by atoms with van der Waals surface area (Å²) in [4.78, 5) is 10.9. The molecule has 1 aromatic heterocycles. The molecule has 0 spiro atoms. The van der Waals surface area contributed by atoms with Gasteiger partial charge in [-0.2, -0.15) is 0 Å². The Morgan fingerprint density at radius 3 is 3.04 bits per heavy atom. The molecule has 0 saturated carbocycles. The molecule has 4 rings (SSSR count). The van der Waals surface area contributed by atoms with Crippen molar-refractivity contribution >= 4 is 5.96 Å². The maximum atomic E-state index is 5.98. The minimum atomic E-state index is 0.109. The maximum absolute atomic E-state index is 5.98. The highest BCUT2D eigenvalue weighted by Crippen LogP contribution is 2.33. The number of fused-ring (bicyclic) bond motifs is 1. The van der Waals surface area contributed by atoms with Crippen LogP contribution in [0.5, 0.6) is 17.4 Å². The molecule has 0 aliphatic carbocycles. The molecule has 148 valence electrons. The van der Waals surface area contributed by atoms with Crippen LogP contribution >= 0.6 is 0 Å². The molecular formula is C21H26N4O3. The van der Waals surface area contributed by atoms with Crippen molar-refractivity contribution in [3.8, 4) is 17.4 Å². The fraction of sp³-hybridized carbons (Fsp3) is 0.429. The van der Waals surface area contributed by atoms with Crippen LogP contribution < -0.4 is 19.5 Å². The molecule has 28 heavy (non-hydrogen) atoms. The second-order valence-corrected chi connectivity index (χ2v) is 6.84. The summed E-state index contributed by atoms with van der Waals surface area (Å²) in [5.74, 6) is 3.18. The number of aliphatic imine (C=N–C) groups is 1. The third-order valence-corrected chi connectivity index (χ3v) is 4.87. The van der Waals surface area contributed by atoms with E-state index in [-0.39, 0.29) is 6.10 Å². The number of guanidine groups is 1. The Kier molecular flexibility index (Phi) is 5.80. The van der Waals surface area contributed by atoms with E-state index in [4.69, 9.17) is 14.2 Å². The van der Waals surface area contributed by atoms with Crippen molar-refractivity contribution < 1.29 is 14.2 Å². The monoisotopic (exact) mass is 382 g/mol. The lowest BCUT2D eigenvalue weighted by Gasteiger charge is -2.22. The summed E-state index contributed by atoms with van der Waals surface area (Å²) >= 11 is 0. The summed E-state index contributed by atoms with van der Waals surface area (Å²) in [5, 5.41) is 3.45. The number of hydrogen-bond acceptors (Lipinski definition) is 5. The zero-order chi connectivity index (χ0) is 19.2. The van der Waals surface area contributed by atoms with Crippen LogP contribution in [0.15, 0.2) is 47.6 Å². The lowest BCUT2D eigenvalue weighted by Crippen LogP contribution is -2.40. The van der Waals surface area contributed by atoms with Crippen LogP contribution in [0.4, 0.5) is 0 Å². The molecule has 7 nitrogen and oxygen atoms in total. The van der Waals surface area contributed by atoms with Crippen molar-refractivity contribution in [2.75, 3.05) is 33.4 Å². The third kappa shape index (κ3) is 4.30. The van der Waals surface area contributed by atoms with Gasteiger partial charge in [-0.15, -0.1) is 0 Å². The summed E-state index contributed by atoms with van der Waals surface area (Å²) in [6.07, 6.45) is 3.69. The van der Waals surface area contributed by atoms with Gasteiger partial charge in [0.05, 0.1) is 19.8 Å². The number of likely N-dealkylation sites (tertiary alicyclic amines) is 1. The standard InChI is InChI=1S/C21H26N4O3/c1-22-21(25-11-9-17(15-25)28-19-8-2-3-10-23-19)24-14-16-6-4-7-18-20(16)27-13-5-12-26-18/h2-4,6-8,10,17H,5,9,11-15H2,1H3,(H,22,24). The van der Waals surface area contributed by atoms with Gasteiger partial charge in [-0.25, -0.2) is 4.98 Å². The molecule has 1 saturated heterocycles. The predicted octanol–water partition coefficient (Wildman–Crippen LogP) is 2.47. The van der Waals surface area contributed by atoms with Crippen LogP contribution in [0.25, 0.3) is 0 Å². The van der Waals surface area contributed by atoms with Gasteiger partial charge in [-0.3, -0.25) is 4.99 Å². The van der Waals surface area contributed by atoms with E-state index in [1.54, 1.807) is 13.2 Å². The SMILES string of the molecule is CN=C(NCc1cccc2c1OCCCO2)N1CCC(Oc2ccccn2)C1. The van der Waals surface area contributed by atoms with Crippen LogP contribution in [-0.4, -0.2) is 55.3 Å². The van der Waals surface area contributed by atoms with Crippen LogP contribution in [0.1, 0.15) is 18.4 Å². The molecule has 2 aromatic rings. The summed E-state index contributed by atoms with van der Waals surface area (Å²) in [5.41, 5.74) is 1.07. The number of nitrogens with zero attached hydrogens (tertiary/aromatic N) is 3. The van der Waals surface area contributed by atoms with Crippen LogP contribution in [0, 0.1) is 0 Å². The first-order valence-corrected chi connectivity index (χ1v) is 9.74. The minimum absolute atomic E-state index is 0.109. The Labute approximate surface area is 165 Å².